The second kappa shape index (κ2) is 8.01. The van der Waals surface area contributed by atoms with Crippen LogP contribution in [0.2, 0.25) is 0 Å². The van der Waals surface area contributed by atoms with Crippen molar-refractivity contribution < 1.29 is 26.3 Å². The number of aromatic nitrogens is 2. The van der Waals surface area contributed by atoms with E-state index >= 15 is 0 Å². The van der Waals surface area contributed by atoms with Gasteiger partial charge < -0.3 is 4.74 Å². The molecule has 0 saturated heterocycles. The average Bonchev–Trinajstić information content (AvgIpc) is 3.18. The SMILES string of the molecule is CNS(=O)(=O)c1ccc(Oc2ccc(C(F)(F)F)cc2)c(-c2cc3n(n2)CCCC3)c1. The molecule has 164 valence electrons. The molecule has 1 aliphatic rings. The van der Waals surface area contributed by atoms with Crippen molar-refractivity contribution in [2.24, 2.45) is 0 Å². The Morgan fingerprint density at radius 2 is 1.81 bits per heavy atom. The van der Waals surface area contributed by atoms with Crippen LogP contribution in [0.5, 0.6) is 11.5 Å². The van der Waals surface area contributed by atoms with E-state index in [0.29, 0.717) is 17.0 Å². The molecule has 0 amide bonds. The predicted octanol–water partition coefficient (Wildman–Crippen LogP) is 4.61. The van der Waals surface area contributed by atoms with Gasteiger partial charge in [-0.3, -0.25) is 4.68 Å². The number of hydrogen-bond donors (Lipinski definition) is 1. The van der Waals surface area contributed by atoms with Crippen molar-refractivity contribution in [1.82, 2.24) is 14.5 Å². The summed E-state index contributed by atoms with van der Waals surface area (Å²) in [7, 11) is -2.39. The van der Waals surface area contributed by atoms with Gasteiger partial charge in [-0.2, -0.15) is 18.3 Å². The summed E-state index contributed by atoms with van der Waals surface area (Å²) in [6, 6.07) is 10.5. The lowest BCUT2D eigenvalue weighted by atomic mass is 10.1. The highest BCUT2D eigenvalue weighted by Gasteiger charge is 2.30. The van der Waals surface area contributed by atoms with E-state index in [-0.39, 0.29) is 10.6 Å². The van der Waals surface area contributed by atoms with Gasteiger partial charge in [0.1, 0.15) is 11.5 Å². The number of nitrogens with one attached hydrogen (secondary N) is 1. The summed E-state index contributed by atoms with van der Waals surface area (Å²) in [6.07, 6.45) is -1.51. The largest absolute Gasteiger partial charge is 0.457 e. The third kappa shape index (κ3) is 4.45. The number of ether oxygens (including phenoxy) is 1. The highest BCUT2D eigenvalue weighted by molar-refractivity contribution is 7.89. The average molecular weight is 451 g/mol. The summed E-state index contributed by atoms with van der Waals surface area (Å²) in [5.74, 6) is 0.493. The van der Waals surface area contributed by atoms with Crippen LogP contribution in [0.15, 0.2) is 53.4 Å². The third-order valence-electron chi connectivity index (χ3n) is 5.13. The molecule has 4 rings (SSSR count). The number of nitrogens with zero attached hydrogens (tertiary/aromatic N) is 2. The van der Waals surface area contributed by atoms with Gasteiger partial charge in [0.05, 0.1) is 16.2 Å². The minimum absolute atomic E-state index is 0.0377. The molecule has 1 aromatic heterocycles. The lowest BCUT2D eigenvalue weighted by Gasteiger charge is -2.13. The van der Waals surface area contributed by atoms with E-state index in [9.17, 15) is 21.6 Å². The Kier molecular flexibility index (Phi) is 5.52. The second-order valence-corrected chi connectivity index (χ2v) is 9.08. The van der Waals surface area contributed by atoms with Gasteiger partial charge in [-0.25, -0.2) is 13.1 Å². The summed E-state index contributed by atoms with van der Waals surface area (Å²) in [4.78, 5) is 0.0377. The summed E-state index contributed by atoms with van der Waals surface area (Å²) in [6.45, 7) is 0.777. The lowest BCUT2D eigenvalue weighted by Crippen LogP contribution is -2.18. The second-order valence-electron chi connectivity index (χ2n) is 7.19. The van der Waals surface area contributed by atoms with E-state index in [4.69, 9.17) is 4.74 Å². The summed E-state index contributed by atoms with van der Waals surface area (Å²) in [5, 5.41) is 4.59. The summed E-state index contributed by atoms with van der Waals surface area (Å²) >= 11 is 0. The molecule has 0 saturated carbocycles. The fourth-order valence-electron chi connectivity index (χ4n) is 3.47. The van der Waals surface area contributed by atoms with Crippen LogP contribution in [0.1, 0.15) is 24.1 Å². The molecule has 0 bridgehead atoms. The summed E-state index contributed by atoms with van der Waals surface area (Å²) in [5.41, 5.74) is 1.26. The smallest absolute Gasteiger partial charge is 0.416 e. The van der Waals surface area contributed by atoms with E-state index in [1.165, 1.54) is 37.4 Å². The molecule has 2 heterocycles. The van der Waals surface area contributed by atoms with Crippen LogP contribution in [0, 0.1) is 0 Å². The van der Waals surface area contributed by atoms with E-state index in [2.05, 4.69) is 9.82 Å². The van der Waals surface area contributed by atoms with Gasteiger partial charge in [-0.05, 0) is 74.8 Å². The Balaban J connectivity index is 1.75. The molecule has 6 nitrogen and oxygen atoms in total. The normalized spacial score (nSPS) is 14.3. The maximum absolute atomic E-state index is 12.8. The van der Waals surface area contributed by atoms with Gasteiger partial charge in [-0.15, -0.1) is 0 Å². The van der Waals surface area contributed by atoms with Crippen molar-refractivity contribution in [3.63, 3.8) is 0 Å². The van der Waals surface area contributed by atoms with Crippen LogP contribution < -0.4 is 9.46 Å². The molecule has 0 atom stereocenters. The van der Waals surface area contributed by atoms with Gasteiger partial charge in [0.2, 0.25) is 10.0 Å². The molecule has 0 unspecified atom stereocenters. The van der Waals surface area contributed by atoms with E-state index < -0.39 is 21.8 Å². The molecule has 0 spiro atoms. The maximum atomic E-state index is 12.8. The number of benzene rings is 2. The van der Waals surface area contributed by atoms with Crippen LogP contribution in [-0.4, -0.2) is 25.2 Å². The molecule has 1 aliphatic heterocycles. The van der Waals surface area contributed by atoms with Crippen LogP contribution in [0.25, 0.3) is 11.3 Å². The number of sulfonamides is 1. The number of hydrogen-bond acceptors (Lipinski definition) is 4. The zero-order valence-corrected chi connectivity index (χ0v) is 17.4. The van der Waals surface area contributed by atoms with Crippen LogP contribution in [0.4, 0.5) is 13.2 Å². The first-order valence-corrected chi connectivity index (χ1v) is 11.2. The number of alkyl halides is 3. The van der Waals surface area contributed by atoms with E-state index in [1.54, 1.807) is 0 Å². The van der Waals surface area contributed by atoms with Gasteiger partial charge in [0, 0.05) is 17.8 Å². The minimum Gasteiger partial charge on any atom is -0.457 e. The topological polar surface area (TPSA) is 73.2 Å². The van der Waals surface area contributed by atoms with Crippen LogP contribution in [0.3, 0.4) is 0 Å². The Hall–Kier alpha value is -2.85. The van der Waals surface area contributed by atoms with Crippen LogP contribution in [-0.2, 0) is 29.2 Å². The highest BCUT2D eigenvalue weighted by atomic mass is 32.2. The number of rotatable bonds is 5. The van der Waals surface area contributed by atoms with Crippen molar-refractivity contribution in [2.75, 3.05) is 7.05 Å². The first-order chi connectivity index (χ1) is 14.7. The fraction of sp³-hybridized carbons (Fsp3) is 0.286. The van der Waals surface area contributed by atoms with Gasteiger partial charge in [0.15, 0.2) is 0 Å². The predicted molar refractivity (Wildman–Crippen MR) is 108 cm³/mol. The number of aryl methyl sites for hydroxylation is 2. The molecular formula is C21H20F3N3O3S. The number of fused-ring (bicyclic) bond motifs is 1. The van der Waals surface area contributed by atoms with Crippen molar-refractivity contribution in [3.05, 3.63) is 59.8 Å². The first-order valence-electron chi connectivity index (χ1n) is 9.67. The third-order valence-corrected chi connectivity index (χ3v) is 6.54. The monoisotopic (exact) mass is 451 g/mol. The Morgan fingerprint density at radius 1 is 1.06 bits per heavy atom. The quantitative estimate of drug-likeness (QED) is 0.615. The standard InChI is InChI=1S/C21H20F3N3O3S/c1-25-31(28,29)17-9-10-20(30-16-7-5-14(6-8-16)21(22,23)24)18(13-17)19-12-15-4-2-3-11-27(15)26-19/h5-10,12-13,25H,2-4,11H2,1H3. The fourth-order valence-corrected chi connectivity index (χ4v) is 4.23. The van der Waals surface area contributed by atoms with Gasteiger partial charge in [0.25, 0.3) is 0 Å². The molecule has 2 aromatic carbocycles. The molecule has 10 heteroatoms. The van der Waals surface area contributed by atoms with Crippen molar-refractivity contribution in [2.45, 2.75) is 36.9 Å². The Bertz CT molecular complexity index is 1180. The molecule has 1 N–H and O–H groups in total. The molecular weight excluding hydrogens is 431 g/mol. The van der Waals surface area contributed by atoms with Crippen molar-refractivity contribution >= 4 is 10.0 Å². The van der Waals surface area contributed by atoms with Gasteiger partial charge in [-0.1, -0.05) is 0 Å². The van der Waals surface area contributed by atoms with E-state index in [0.717, 1.165) is 43.6 Å². The van der Waals surface area contributed by atoms with Crippen LogP contribution >= 0.6 is 0 Å². The maximum Gasteiger partial charge on any atom is 0.416 e. The Morgan fingerprint density at radius 3 is 2.45 bits per heavy atom. The summed E-state index contributed by atoms with van der Waals surface area (Å²) < 4.78 is 73.0. The number of halogens is 3. The van der Waals surface area contributed by atoms with Gasteiger partial charge >= 0.3 is 6.18 Å². The lowest BCUT2D eigenvalue weighted by molar-refractivity contribution is -0.137. The van der Waals surface area contributed by atoms with Crippen molar-refractivity contribution in [3.8, 4) is 22.8 Å². The first kappa shape index (κ1) is 21.4. The molecule has 0 aliphatic carbocycles. The molecule has 3 aromatic rings. The molecule has 31 heavy (non-hydrogen) atoms. The minimum atomic E-state index is -4.44. The van der Waals surface area contributed by atoms with E-state index in [1.807, 2.05) is 10.7 Å². The highest BCUT2D eigenvalue weighted by Crippen LogP contribution is 2.37. The van der Waals surface area contributed by atoms with Crippen molar-refractivity contribution in [1.29, 1.82) is 0 Å². The Labute approximate surface area is 177 Å². The molecule has 0 fully saturated rings. The zero-order chi connectivity index (χ0) is 22.2. The molecule has 0 radical (unpaired) electrons. The zero-order valence-electron chi connectivity index (χ0n) is 16.6.